The first kappa shape index (κ1) is 16.0. The largest absolute Gasteiger partial charge is 0.352 e. The van der Waals surface area contributed by atoms with E-state index in [0.717, 1.165) is 39.0 Å². The van der Waals surface area contributed by atoms with Crippen LogP contribution in [0.5, 0.6) is 0 Å². The Bertz CT molecular complexity index is 412. The summed E-state index contributed by atoms with van der Waals surface area (Å²) in [4.78, 5) is 14.4. The molecule has 118 valence electrons. The summed E-state index contributed by atoms with van der Waals surface area (Å²) in [5.74, 6) is 0.0947. The van der Waals surface area contributed by atoms with Crippen LogP contribution in [0.25, 0.3) is 0 Å². The molecule has 1 aromatic heterocycles. The van der Waals surface area contributed by atoms with Gasteiger partial charge in [0.05, 0.1) is 13.1 Å². The molecule has 21 heavy (non-hydrogen) atoms. The van der Waals surface area contributed by atoms with Crippen molar-refractivity contribution in [2.24, 2.45) is 0 Å². The first-order valence-electron chi connectivity index (χ1n) is 7.90. The third-order valence-corrected chi connectivity index (χ3v) is 4.03. The number of hydrogen-bond donors (Lipinski definition) is 2. The van der Waals surface area contributed by atoms with Crippen LogP contribution in [0.3, 0.4) is 0 Å². The van der Waals surface area contributed by atoms with Crippen molar-refractivity contribution in [2.75, 3.05) is 26.2 Å². The summed E-state index contributed by atoms with van der Waals surface area (Å²) >= 11 is 0. The van der Waals surface area contributed by atoms with Gasteiger partial charge in [-0.2, -0.15) is 5.10 Å². The van der Waals surface area contributed by atoms with Crippen molar-refractivity contribution in [1.29, 1.82) is 0 Å². The Kier molecular flexibility index (Phi) is 6.20. The number of hydrogen-bond acceptors (Lipinski definition) is 4. The fourth-order valence-corrected chi connectivity index (χ4v) is 2.69. The molecule has 1 aliphatic heterocycles. The van der Waals surface area contributed by atoms with E-state index >= 15 is 0 Å². The number of carbonyl (C=O) groups excluding carboxylic acids is 1. The Morgan fingerprint density at radius 1 is 1.43 bits per heavy atom. The number of piperidine rings is 1. The minimum Gasteiger partial charge on any atom is -0.352 e. The average molecular weight is 293 g/mol. The molecule has 0 spiro atoms. The molecule has 2 N–H and O–H groups in total. The zero-order valence-corrected chi connectivity index (χ0v) is 13.1. The van der Waals surface area contributed by atoms with Crippen LogP contribution in [0.1, 0.15) is 26.7 Å². The van der Waals surface area contributed by atoms with Gasteiger partial charge in [0, 0.05) is 37.6 Å². The summed E-state index contributed by atoms with van der Waals surface area (Å²) in [6.45, 7) is 8.67. The highest BCUT2D eigenvalue weighted by atomic mass is 16.2. The van der Waals surface area contributed by atoms with Crippen LogP contribution >= 0.6 is 0 Å². The van der Waals surface area contributed by atoms with E-state index < -0.39 is 0 Å². The molecule has 1 aromatic rings. The highest BCUT2D eigenvalue weighted by Crippen LogP contribution is 2.09. The van der Waals surface area contributed by atoms with E-state index in [1.807, 2.05) is 16.9 Å². The molecule has 0 saturated carbocycles. The number of nitrogens with one attached hydrogen (secondary N) is 2. The van der Waals surface area contributed by atoms with E-state index in [4.69, 9.17) is 0 Å². The maximum atomic E-state index is 12.0. The normalized spacial score (nSPS) is 18.6. The zero-order valence-electron chi connectivity index (χ0n) is 13.1. The zero-order chi connectivity index (χ0) is 15.1. The number of amides is 1. The van der Waals surface area contributed by atoms with Crippen molar-refractivity contribution in [3.8, 4) is 0 Å². The van der Waals surface area contributed by atoms with Gasteiger partial charge in [0.25, 0.3) is 0 Å². The van der Waals surface area contributed by atoms with Gasteiger partial charge >= 0.3 is 0 Å². The third-order valence-electron chi connectivity index (χ3n) is 4.03. The van der Waals surface area contributed by atoms with Gasteiger partial charge in [-0.05, 0) is 32.4 Å². The smallest absolute Gasteiger partial charge is 0.234 e. The van der Waals surface area contributed by atoms with Gasteiger partial charge in [0.1, 0.15) is 0 Å². The lowest BCUT2D eigenvalue weighted by Gasteiger charge is -2.31. The molecular formula is C15H27N5O. The molecule has 1 atom stereocenters. The molecule has 0 aromatic carbocycles. The number of nitrogens with zero attached hydrogens (tertiary/aromatic N) is 3. The van der Waals surface area contributed by atoms with Crippen molar-refractivity contribution in [3.63, 3.8) is 0 Å². The van der Waals surface area contributed by atoms with Gasteiger partial charge in [-0.1, -0.05) is 6.92 Å². The van der Waals surface area contributed by atoms with Crippen LogP contribution in [0.2, 0.25) is 0 Å². The fraction of sp³-hybridized carbons (Fsp3) is 0.733. The number of likely N-dealkylation sites (tertiary alicyclic amines) is 1. The summed E-state index contributed by atoms with van der Waals surface area (Å²) in [6, 6.07) is 2.46. The lowest BCUT2D eigenvalue weighted by molar-refractivity contribution is -0.121. The first-order valence-corrected chi connectivity index (χ1v) is 7.90. The highest BCUT2D eigenvalue weighted by molar-refractivity contribution is 5.78. The second kappa shape index (κ2) is 8.14. The van der Waals surface area contributed by atoms with E-state index in [0.29, 0.717) is 12.6 Å². The second-order valence-corrected chi connectivity index (χ2v) is 5.79. The quantitative estimate of drug-likeness (QED) is 0.767. The molecular weight excluding hydrogens is 266 g/mol. The van der Waals surface area contributed by atoms with Gasteiger partial charge in [-0.15, -0.1) is 0 Å². The van der Waals surface area contributed by atoms with Crippen LogP contribution in [-0.4, -0.2) is 58.9 Å². The molecule has 0 radical (unpaired) electrons. The maximum Gasteiger partial charge on any atom is 0.234 e. The molecule has 0 unspecified atom stereocenters. The van der Waals surface area contributed by atoms with Gasteiger partial charge < -0.3 is 15.5 Å². The van der Waals surface area contributed by atoms with Crippen LogP contribution in [0.15, 0.2) is 18.5 Å². The average Bonchev–Trinajstić information content (AvgIpc) is 2.99. The second-order valence-electron chi connectivity index (χ2n) is 5.79. The summed E-state index contributed by atoms with van der Waals surface area (Å²) < 4.78 is 1.87. The van der Waals surface area contributed by atoms with Crippen LogP contribution in [0.4, 0.5) is 0 Å². The predicted octanol–water partition coefficient (Wildman–Crippen LogP) is 0.462. The Hall–Kier alpha value is -1.40. The summed E-state index contributed by atoms with van der Waals surface area (Å²) in [6.07, 6.45) is 5.81. The Balaban J connectivity index is 1.61. The molecule has 6 nitrogen and oxygen atoms in total. The Morgan fingerprint density at radius 3 is 2.81 bits per heavy atom. The van der Waals surface area contributed by atoms with Crippen molar-refractivity contribution < 1.29 is 4.79 Å². The lowest BCUT2D eigenvalue weighted by atomic mass is 10.1. The molecule has 0 bridgehead atoms. The SMILES string of the molecule is CCN1CCC(NC(=O)CN[C@H](C)Cn2cccn2)CC1. The monoisotopic (exact) mass is 293 g/mol. The van der Waals surface area contributed by atoms with E-state index in [1.54, 1.807) is 6.20 Å². The van der Waals surface area contributed by atoms with E-state index in [-0.39, 0.29) is 11.9 Å². The molecule has 1 aliphatic rings. The molecule has 1 amide bonds. The molecule has 1 saturated heterocycles. The van der Waals surface area contributed by atoms with Crippen LogP contribution in [-0.2, 0) is 11.3 Å². The number of aromatic nitrogens is 2. The predicted molar refractivity (Wildman–Crippen MR) is 83.0 cm³/mol. The minimum atomic E-state index is 0.0947. The summed E-state index contributed by atoms with van der Waals surface area (Å²) in [7, 11) is 0. The van der Waals surface area contributed by atoms with Gasteiger partial charge in [-0.25, -0.2) is 0 Å². The summed E-state index contributed by atoms with van der Waals surface area (Å²) in [5.41, 5.74) is 0. The van der Waals surface area contributed by atoms with Crippen molar-refractivity contribution in [3.05, 3.63) is 18.5 Å². The lowest BCUT2D eigenvalue weighted by Crippen LogP contribution is -2.47. The van der Waals surface area contributed by atoms with Crippen molar-refractivity contribution in [2.45, 2.75) is 45.3 Å². The van der Waals surface area contributed by atoms with Gasteiger partial charge in [0.15, 0.2) is 0 Å². The molecule has 0 aliphatic carbocycles. The number of rotatable bonds is 7. The van der Waals surface area contributed by atoms with E-state index in [1.165, 1.54) is 0 Å². The molecule has 2 heterocycles. The molecule has 6 heteroatoms. The number of carbonyl (C=O) groups is 1. The van der Waals surface area contributed by atoms with Crippen LogP contribution in [0, 0.1) is 0 Å². The highest BCUT2D eigenvalue weighted by Gasteiger charge is 2.19. The molecule has 1 fully saturated rings. The first-order chi connectivity index (χ1) is 10.2. The molecule has 2 rings (SSSR count). The van der Waals surface area contributed by atoms with E-state index in [9.17, 15) is 4.79 Å². The van der Waals surface area contributed by atoms with Gasteiger partial charge in [0.2, 0.25) is 5.91 Å². The Labute approximate surface area is 126 Å². The minimum absolute atomic E-state index is 0.0947. The fourth-order valence-electron chi connectivity index (χ4n) is 2.69. The van der Waals surface area contributed by atoms with Crippen LogP contribution < -0.4 is 10.6 Å². The van der Waals surface area contributed by atoms with E-state index in [2.05, 4.69) is 34.5 Å². The van der Waals surface area contributed by atoms with Crippen molar-refractivity contribution >= 4 is 5.91 Å². The Morgan fingerprint density at radius 2 is 2.19 bits per heavy atom. The van der Waals surface area contributed by atoms with Gasteiger partial charge in [-0.3, -0.25) is 9.48 Å². The maximum absolute atomic E-state index is 12.0. The van der Waals surface area contributed by atoms with Crippen molar-refractivity contribution in [1.82, 2.24) is 25.3 Å². The topological polar surface area (TPSA) is 62.2 Å². The summed E-state index contributed by atoms with van der Waals surface area (Å²) in [5, 5.41) is 10.5. The third kappa shape index (κ3) is 5.47. The standard InChI is InChI=1S/C15H27N5O/c1-3-19-9-5-14(6-10-19)18-15(21)11-16-13(2)12-20-8-4-7-17-20/h4,7-8,13-14,16H,3,5-6,9-12H2,1-2H3,(H,18,21)/t13-/m1/s1.